The summed E-state index contributed by atoms with van der Waals surface area (Å²) in [5.74, 6) is 1.30. The van der Waals surface area contributed by atoms with Crippen LogP contribution in [0.25, 0.3) is 0 Å². The van der Waals surface area contributed by atoms with Crippen LogP contribution in [0.4, 0.5) is 0 Å². The summed E-state index contributed by atoms with van der Waals surface area (Å²) in [6, 6.07) is 8.03. The number of para-hydroxylation sites is 1. The predicted octanol–water partition coefficient (Wildman–Crippen LogP) is 2.51. The van der Waals surface area contributed by atoms with Crippen LogP contribution >= 0.6 is 0 Å². The minimum absolute atomic E-state index is 0.00250. The number of rotatable bonds is 4. The Morgan fingerprint density at radius 3 is 2.88 bits per heavy atom. The standard InChI is InChI=1S/C14H21NO2/c1-3-16-13-7-5-4-6-12(13)14(15)11-8-10(2)17-9-11/h4-7,10-11,14H,3,8-9,15H2,1-2H3. The van der Waals surface area contributed by atoms with Gasteiger partial charge in [-0.05, 0) is 26.3 Å². The van der Waals surface area contributed by atoms with Gasteiger partial charge < -0.3 is 15.2 Å². The lowest BCUT2D eigenvalue weighted by molar-refractivity contribution is 0.118. The van der Waals surface area contributed by atoms with Crippen molar-refractivity contribution in [1.29, 1.82) is 0 Å². The van der Waals surface area contributed by atoms with E-state index in [4.69, 9.17) is 15.2 Å². The highest BCUT2D eigenvalue weighted by Gasteiger charge is 2.29. The van der Waals surface area contributed by atoms with Gasteiger partial charge in [0.2, 0.25) is 0 Å². The molecule has 2 N–H and O–H groups in total. The van der Waals surface area contributed by atoms with Crippen LogP contribution in [-0.4, -0.2) is 19.3 Å². The number of hydrogen-bond acceptors (Lipinski definition) is 3. The maximum absolute atomic E-state index is 6.33. The fourth-order valence-corrected chi connectivity index (χ4v) is 2.40. The molecule has 3 heteroatoms. The highest BCUT2D eigenvalue weighted by Crippen LogP contribution is 2.34. The first kappa shape index (κ1) is 12.4. The molecule has 94 valence electrons. The van der Waals surface area contributed by atoms with E-state index >= 15 is 0 Å². The first-order chi connectivity index (χ1) is 8.22. The molecule has 1 saturated heterocycles. The minimum atomic E-state index is 0.00250. The summed E-state index contributed by atoms with van der Waals surface area (Å²) in [5.41, 5.74) is 7.43. The molecule has 0 radical (unpaired) electrons. The van der Waals surface area contributed by atoms with Gasteiger partial charge in [0.25, 0.3) is 0 Å². The Kier molecular flexibility index (Phi) is 4.02. The molecule has 17 heavy (non-hydrogen) atoms. The molecule has 0 amide bonds. The topological polar surface area (TPSA) is 44.5 Å². The van der Waals surface area contributed by atoms with Gasteiger partial charge >= 0.3 is 0 Å². The SMILES string of the molecule is CCOc1ccccc1C(N)C1COC(C)C1. The van der Waals surface area contributed by atoms with Crippen molar-refractivity contribution >= 4 is 0 Å². The van der Waals surface area contributed by atoms with E-state index in [2.05, 4.69) is 13.0 Å². The normalized spacial score (nSPS) is 25.8. The molecule has 3 unspecified atom stereocenters. The Labute approximate surface area is 103 Å². The van der Waals surface area contributed by atoms with Gasteiger partial charge in [0.05, 0.1) is 19.3 Å². The average molecular weight is 235 g/mol. The van der Waals surface area contributed by atoms with E-state index in [0.717, 1.165) is 24.3 Å². The van der Waals surface area contributed by atoms with E-state index in [9.17, 15) is 0 Å². The van der Waals surface area contributed by atoms with Crippen molar-refractivity contribution in [3.63, 3.8) is 0 Å². The molecule has 1 aliphatic heterocycles. The van der Waals surface area contributed by atoms with E-state index in [-0.39, 0.29) is 6.04 Å². The molecule has 1 heterocycles. The second-order valence-corrected chi connectivity index (χ2v) is 4.64. The minimum Gasteiger partial charge on any atom is -0.494 e. The molecular weight excluding hydrogens is 214 g/mol. The summed E-state index contributed by atoms with van der Waals surface area (Å²) in [6.07, 6.45) is 1.35. The largest absolute Gasteiger partial charge is 0.494 e. The first-order valence-electron chi connectivity index (χ1n) is 6.31. The molecule has 1 aromatic carbocycles. The van der Waals surface area contributed by atoms with Crippen molar-refractivity contribution in [2.75, 3.05) is 13.2 Å². The quantitative estimate of drug-likeness (QED) is 0.872. The maximum atomic E-state index is 6.33. The Morgan fingerprint density at radius 1 is 1.47 bits per heavy atom. The average Bonchev–Trinajstić information content (AvgIpc) is 2.76. The second kappa shape index (κ2) is 5.52. The summed E-state index contributed by atoms with van der Waals surface area (Å²) in [4.78, 5) is 0. The Hall–Kier alpha value is -1.06. The lowest BCUT2D eigenvalue weighted by atomic mass is 9.91. The molecule has 3 atom stereocenters. The lowest BCUT2D eigenvalue weighted by Gasteiger charge is -2.21. The van der Waals surface area contributed by atoms with Crippen LogP contribution in [0.3, 0.4) is 0 Å². The Balaban J connectivity index is 2.15. The lowest BCUT2D eigenvalue weighted by Crippen LogP contribution is -2.22. The number of benzene rings is 1. The number of ether oxygens (including phenoxy) is 2. The molecule has 1 aliphatic rings. The van der Waals surface area contributed by atoms with Gasteiger partial charge in [-0.3, -0.25) is 0 Å². The van der Waals surface area contributed by atoms with Crippen LogP contribution in [0.5, 0.6) is 5.75 Å². The maximum Gasteiger partial charge on any atom is 0.124 e. The molecule has 0 aromatic heterocycles. The Morgan fingerprint density at radius 2 is 2.24 bits per heavy atom. The summed E-state index contributed by atoms with van der Waals surface area (Å²) in [5, 5.41) is 0. The second-order valence-electron chi connectivity index (χ2n) is 4.64. The van der Waals surface area contributed by atoms with Crippen molar-refractivity contribution in [3.8, 4) is 5.75 Å². The zero-order valence-corrected chi connectivity index (χ0v) is 10.6. The Bertz CT molecular complexity index is 367. The fourth-order valence-electron chi connectivity index (χ4n) is 2.40. The molecule has 0 bridgehead atoms. The van der Waals surface area contributed by atoms with Gasteiger partial charge in [0.15, 0.2) is 0 Å². The monoisotopic (exact) mass is 235 g/mol. The third-order valence-corrected chi connectivity index (χ3v) is 3.32. The van der Waals surface area contributed by atoms with Crippen molar-refractivity contribution in [2.24, 2.45) is 11.7 Å². The van der Waals surface area contributed by atoms with E-state index in [1.807, 2.05) is 25.1 Å². The molecule has 0 saturated carbocycles. The predicted molar refractivity (Wildman–Crippen MR) is 68.1 cm³/mol. The smallest absolute Gasteiger partial charge is 0.124 e. The van der Waals surface area contributed by atoms with Crippen LogP contribution in [0.15, 0.2) is 24.3 Å². The van der Waals surface area contributed by atoms with Crippen LogP contribution in [0.2, 0.25) is 0 Å². The zero-order chi connectivity index (χ0) is 12.3. The van der Waals surface area contributed by atoms with Gasteiger partial charge in [-0.25, -0.2) is 0 Å². The van der Waals surface area contributed by atoms with Crippen molar-refractivity contribution < 1.29 is 9.47 Å². The van der Waals surface area contributed by atoms with Crippen molar-refractivity contribution in [3.05, 3.63) is 29.8 Å². The molecule has 2 rings (SSSR count). The van der Waals surface area contributed by atoms with Gasteiger partial charge in [-0.2, -0.15) is 0 Å². The third-order valence-electron chi connectivity index (χ3n) is 3.32. The van der Waals surface area contributed by atoms with Crippen LogP contribution in [0.1, 0.15) is 31.9 Å². The van der Waals surface area contributed by atoms with Crippen LogP contribution in [-0.2, 0) is 4.74 Å². The van der Waals surface area contributed by atoms with E-state index in [1.54, 1.807) is 0 Å². The highest BCUT2D eigenvalue weighted by molar-refractivity contribution is 5.36. The van der Waals surface area contributed by atoms with Gasteiger partial charge in [0, 0.05) is 17.5 Å². The zero-order valence-electron chi connectivity index (χ0n) is 10.6. The molecule has 3 nitrogen and oxygen atoms in total. The van der Waals surface area contributed by atoms with E-state index < -0.39 is 0 Å². The van der Waals surface area contributed by atoms with Crippen molar-refractivity contribution in [2.45, 2.75) is 32.4 Å². The molecule has 0 spiro atoms. The highest BCUT2D eigenvalue weighted by atomic mass is 16.5. The summed E-state index contributed by atoms with van der Waals surface area (Å²) < 4.78 is 11.2. The third kappa shape index (κ3) is 2.79. The van der Waals surface area contributed by atoms with E-state index in [0.29, 0.717) is 18.6 Å². The molecule has 1 aromatic rings. The molecule has 0 aliphatic carbocycles. The summed E-state index contributed by atoms with van der Waals surface area (Å²) >= 11 is 0. The number of nitrogens with two attached hydrogens (primary N) is 1. The van der Waals surface area contributed by atoms with Gasteiger partial charge in [-0.1, -0.05) is 18.2 Å². The fraction of sp³-hybridized carbons (Fsp3) is 0.571. The summed E-state index contributed by atoms with van der Waals surface area (Å²) in [6.45, 7) is 5.51. The van der Waals surface area contributed by atoms with Crippen molar-refractivity contribution in [1.82, 2.24) is 0 Å². The molecule has 1 fully saturated rings. The molecular formula is C14H21NO2. The number of hydrogen-bond donors (Lipinski definition) is 1. The van der Waals surface area contributed by atoms with Gasteiger partial charge in [-0.15, -0.1) is 0 Å². The summed E-state index contributed by atoms with van der Waals surface area (Å²) in [7, 11) is 0. The van der Waals surface area contributed by atoms with E-state index in [1.165, 1.54) is 0 Å². The first-order valence-corrected chi connectivity index (χ1v) is 6.31. The van der Waals surface area contributed by atoms with Gasteiger partial charge in [0.1, 0.15) is 5.75 Å². The van der Waals surface area contributed by atoms with Crippen LogP contribution < -0.4 is 10.5 Å². The van der Waals surface area contributed by atoms with Crippen LogP contribution in [0, 0.1) is 5.92 Å².